The summed E-state index contributed by atoms with van der Waals surface area (Å²) < 4.78 is 6.29. The van der Waals surface area contributed by atoms with Crippen LogP contribution in [0.25, 0.3) is 0 Å². The molecule has 0 bridgehead atoms. The number of piperazine rings is 1. The summed E-state index contributed by atoms with van der Waals surface area (Å²) in [6.07, 6.45) is 7.35. The van der Waals surface area contributed by atoms with E-state index in [1.807, 2.05) is 4.90 Å². The van der Waals surface area contributed by atoms with Crippen molar-refractivity contribution in [3.05, 3.63) is 71.2 Å². The number of carbonyl (C=O) groups excluding carboxylic acids is 1. The summed E-state index contributed by atoms with van der Waals surface area (Å²) in [6, 6.07) is 11.2. The number of nitriles is 1. The summed E-state index contributed by atoms with van der Waals surface area (Å²) in [5.41, 5.74) is 11.7. The maximum absolute atomic E-state index is 12.2. The van der Waals surface area contributed by atoms with Crippen LogP contribution in [-0.2, 0) is 24.3 Å². The molecule has 1 amide bonds. The van der Waals surface area contributed by atoms with Gasteiger partial charge in [-0.25, -0.2) is 9.97 Å². The van der Waals surface area contributed by atoms with E-state index in [1.165, 1.54) is 24.1 Å². The second kappa shape index (κ2) is 11.7. The number of anilines is 2. The lowest BCUT2D eigenvalue weighted by Gasteiger charge is -2.35. The molecule has 1 saturated carbocycles. The summed E-state index contributed by atoms with van der Waals surface area (Å²) in [7, 11) is 0. The normalized spacial score (nSPS) is 19.3. The van der Waals surface area contributed by atoms with Crippen molar-refractivity contribution in [3.8, 4) is 17.8 Å². The molecule has 1 unspecified atom stereocenters. The Hall–Kier alpha value is -4.56. The van der Waals surface area contributed by atoms with Crippen molar-refractivity contribution in [2.45, 2.75) is 57.7 Å². The number of rotatable bonds is 6. The molecule has 3 aromatic rings. The number of aromatic nitrogens is 4. The fourth-order valence-electron chi connectivity index (χ4n) is 6.17. The molecule has 2 aliphatic carbocycles. The second-order valence-electron chi connectivity index (χ2n) is 11.0. The van der Waals surface area contributed by atoms with Crippen LogP contribution < -0.4 is 15.4 Å². The van der Waals surface area contributed by atoms with Gasteiger partial charge >= 0.3 is 6.01 Å². The van der Waals surface area contributed by atoms with E-state index in [4.69, 9.17) is 25.7 Å². The van der Waals surface area contributed by atoms with Gasteiger partial charge in [0.2, 0.25) is 11.9 Å². The first-order chi connectivity index (χ1) is 20.5. The number of carbonyl (C=O) groups is 1. The molecule has 2 N–H and O–H groups in total. The van der Waals surface area contributed by atoms with E-state index in [2.05, 4.69) is 50.6 Å². The Kier molecular flexibility index (Phi) is 7.71. The topological polar surface area (TPSA) is 137 Å². The van der Waals surface area contributed by atoms with Gasteiger partial charge < -0.3 is 20.3 Å². The number of fused-ring (bicyclic) bond motifs is 2. The molecule has 7 rings (SSSR count). The van der Waals surface area contributed by atoms with Gasteiger partial charge in [0.05, 0.1) is 23.7 Å². The van der Waals surface area contributed by atoms with Crippen LogP contribution in [0, 0.1) is 11.3 Å². The molecule has 2 aliphatic heterocycles. The molecule has 1 aromatic carbocycles. The standard InChI is InChI=1S/C29H32N8O2.C2H3N/c1-2-25(38)35-11-13-36(14-12-35)27-21-16-37(23-10-9-18-5-3-4-6-20(18)23)17-22(21)32-29(34-27)39-24-15-31-28(30)33-26(24)19-7-8-19;1-2-3/h2-6,15,19,23H,1,7-14,16-17H2,(H2,30,31,33);1H3. The van der Waals surface area contributed by atoms with Gasteiger partial charge in [0.15, 0.2) is 5.75 Å². The lowest BCUT2D eigenvalue weighted by Crippen LogP contribution is -2.48. The van der Waals surface area contributed by atoms with Crippen LogP contribution in [0.4, 0.5) is 11.8 Å². The molecule has 2 aromatic heterocycles. The van der Waals surface area contributed by atoms with Gasteiger partial charge in [-0.1, -0.05) is 30.8 Å². The van der Waals surface area contributed by atoms with Crippen LogP contribution in [0.1, 0.15) is 66.2 Å². The molecule has 1 atom stereocenters. The van der Waals surface area contributed by atoms with E-state index < -0.39 is 0 Å². The summed E-state index contributed by atoms with van der Waals surface area (Å²) >= 11 is 0. The monoisotopic (exact) mass is 565 g/mol. The Morgan fingerprint density at radius 1 is 1.12 bits per heavy atom. The van der Waals surface area contributed by atoms with Crippen molar-refractivity contribution < 1.29 is 9.53 Å². The van der Waals surface area contributed by atoms with Crippen molar-refractivity contribution in [2.24, 2.45) is 0 Å². The van der Waals surface area contributed by atoms with Crippen molar-refractivity contribution in [2.75, 3.05) is 36.8 Å². The van der Waals surface area contributed by atoms with Crippen molar-refractivity contribution in [1.82, 2.24) is 29.7 Å². The van der Waals surface area contributed by atoms with Crippen LogP contribution in [0.3, 0.4) is 0 Å². The number of ether oxygens (including phenoxy) is 1. The number of nitrogens with two attached hydrogens (primary N) is 1. The Labute approximate surface area is 245 Å². The Morgan fingerprint density at radius 2 is 1.88 bits per heavy atom. The third-order valence-electron chi connectivity index (χ3n) is 8.34. The molecule has 42 heavy (non-hydrogen) atoms. The van der Waals surface area contributed by atoms with E-state index in [9.17, 15) is 4.79 Å². The fraction of sp³-hybridized carbons (Fsp3) is 0.419. The molecule has 2 fully saturated rings. The van der Waals surface area contributed by atoms with Gasteiger partial charge in [-0.2, -0.15) is 15.2 Å². The Bertz CT molecular complexity index is 1540. The molecular formula is C31H35N9O2. The first kappa shape index (κ1) is 27.6. The van der Waals surface area contributed by atoms with Gasteiger partial charge in [-0.15, -0.1) is 0 Å². The average molecular weight is 566 g/mol. The highest BCUT2D eigenvalue weighted by atomic mass is 16.5. The minimum absolute atomic E-state index is 0.0337. The molecule has 11 heteroatoms. The summed E-state index contributed by atoms with van der Waals surface area (Å²) in [5, 5.41) is 7.32. The SMILES string of the molecule is C=CC(=O)N1CCN(c2nc(Oc3cnc(N)nc3C3CC3)nc3c2CN(C2CCc4ccccc42)C3)CC1.CC#N. The largest absolute Gasteiger partial charge is 0.421 e. The summed E-state index contributed by atoms with van der Waals surface area (Å²) in [4.78, 5) is 37.3. The van der Waals surface area contributed by atoms with Crippen LogP contribution in [0.5, 0.6) is 11.8 Å². The van der Waals surface area contributed by atoms with Crippen LogP contribution in [0.15, 0.2) is 43.1 Å². The highest BCUT2D eigenvalue weighted by Crippen LogP contribution is 2.45. The molecule has 0 spiro atoms. The Morgan fingerprint density at radius 3 is 2.62 bits per heavy atom. The third kappa shape index (κ3) is 5.50. The number of nitrogens with zero attached hydrogens (tertiary/aromatic N) is 8. The molecule has 0 radical (unpaired) electrons. The van der Waals surface area contributed by atoms with Gasteiger partial charge in [0, 0.05) is 63.7 Å². The zero-order valence-corrected chi connectivity index (χ0v) is 23.9. The van der Waals surface area contributed by atoms with Gasteiger partial charge in [0.25, 0.3) is 0 Å². The number of aryl methyl sites for hydroxylation is 1. The maximum atomic E-state index is 12.2. The molecule has 1 saturated heterocycles. The molecule has 4 aliphatic rings. The van der Waals surface area contributed by atoms with Crippen molar-refractivity contribution >= 4 is 17.7 Å². The van der Waals surface area contributed by atoms with Gasteiger partial charge in [0.1, 0.15) is 5.82 Å². The van der Waals surface area contributed by atoms with Crippen LogP contribution in [0.2, 0.25) is 0 Å². The number of hydrogen-bond donors (Lipinski definition) is 1. The van der Waals surface area contributed by atoms with Crippen LogP contribution >= 0.6 is 0 Å². The number of nitrogen functional groups attached to an aromatic ring is 1. The molecule has 4 heterocycles. The minimum atomic E-state index is -0.0337. The van der Waals surface area contributed by atoms with E-state index >= 15 is 0 Å². The molecule has 11 nitrogen and oxygen atoms in total. The maximum Gasteiger partial charge on any atom is 0.324 e. The number of benzene rings is 1. The van der Waals surface area contributed by atoms with Crippen LogP contribution in [-0.4, -0.2) is 61.8 Å². The second-order valence-corrected chi connectivity index (χ2v) is 11.0. The van der Waals surface area contributed by atoms with Crippen molar-refractivity contribution in [1.29, 1.82) is 5.26 Å². The predicted molar refractivity (Wildman–Crippen MR) is 158 cm³/mol. The van der Waals surface area contributed by atoms with E-state index in [0.29, 0.717) is 49.9 Å². The first-order valence-electron chi connectivity index (χ1n) is 14.5. The first-order valence-corrected chi connectivity index (χ1v) is 14.5. The van der Waals surface area contributed by atoms with Gasteiger partial charge in [-0.05, 0) is 42.9 Å². The number of hydrogen-bond acceptors (Lipinski definition) is 10. The predicted octanol–water partition coefficient (Wildman–Crippen LogP) is 3.89. The van der Waals surface area contributed by atoms with Gasteiger partial charge in [-0.3, -0.25) is 9.69 Å². The quantitative estimate of drug-likeness (QED) is 0.438. The van der Waals surface area contributed by atoms with E-state index in [1.54, 1.807) is 12.3 Å². The van der Waals surface area contributed by atoms with Crippen molar-refractivity contribution in [3.63, 3.8) is 0 Å². The summed E-state index contributed by atoms with van der Waals surface area (Å²) in [5.74, 6) is 2.01. The third-order valence-corrected chi connectivity index (χ3v) is 8.34. The lowest BCUT2D eigenvalue weighted by molar-refractivity contribution is -0.126. The van der Waals surface area contributed by atoms with E-state index in [0.717, 1.165) is 61.5 Å². The Balaban J connectivity index is 0.00000101. The number of amides is 1. The van der Waals surface area contributed by atoms with E-state index in [-0.39, 0.29) is 11.9 Å². The lowest BCUT2D eigenvalue weighted by atomic mass is 10.1. The zero-order valence-electron chi connectivity index (χ0n) is 23.9. The highest BCUT2D eigenvalue weighted by molar-refractivity contribution is 5.87. The minimum Gasteiger partial charge on any atom is -0.421 e. The average Bonchev–Trinajstić information content (AvgIpc) is 3.63. The highest BCUT2D eigenvalue weighted by Gasteiger charge is 2.36. The fourth-order valence-corrected chi connectivity index (χ4v) is 6.17. The summed E-state index contributed by atoms with van der Waals surface area (Å²) in [6.45, 7) is 9.21. The zero-order chi connectivity index (χ0) is 29.2. The smallest absolute Gasteiger partial charge is 0.324 e. The molecule has 216 valence electrons. The molecular weight excluding hydrogens is 530 g/mol.